The number of pyridine rings is 1. The normalized spacial score (nSPS) is 10.9. The van der Waals surface area contributed by atoms with Gasteiger partial charge in [-0.2, -0.15) is 10.1 Å². The minimum absolute atomic E-state index is 0.158. The van der Waals surface area contributed by atoms with Crippen molar-refractivity contribution < 1.29 is 4.39 Å². The molecule has 0 aromatic carbocycles. The fourth-order valence-electron chi connectivity index (χ4n) is 1.65. The molecule has 0 saturated heterocycles. The second kappa shape index (κ2) is 4.43. The summed E-state index contributed by atoms with van der Waals surface area (Å²) in [4.78, 5) is 12.3. The zero-order valence-electron chi connectivity index (χ0n) is 9.78. The van der Waals surface area contributed by atoms with Crippen molar-refractivity contribution in [3.05, 3.63) is 35.0 Å². The van der Waals surface area contributed by atoms with E-state index in [1.165, 1.54) is 6.07 Å². The summed E-state index contributed by atoms with van der Waals surface area (Å²) in [6.45, 7) is 1.84. The quantitative estimate of drug-likeness (QED) is 0.753. The molecule has 0 bridgehead atoms. The lowest BCUT2D eigenvalue weighted by atomic mass is 10.3. The first-order chi connectivity index (χ1) is 9.13. The summed E-state index contributed by atoms with van der Waals surface area (Å²) in [5.41, 5.74) is 1.37. The molecule has 19 heavy (non-hydrogen) atoms. The van der Waals surface area contributed by atoms with Gasteiger partial charge in [-0.3, -0.25) is 5.10 Å². The van der Waals surface area contributed by atoms with E-state index < -0.39 is 5.82 Å². The number of halogens is 2. The molecule has 0 radical (unpaired) electrons. The van der Waals surface area contributed by atoms with E-state index in [4.69, 9.17) is 11.6 Å². The summed E-state index contributed by atoms with van der Waals surface area (Å²) in [5, 5.41) is 10.5. The van der Waals surface area contributed by atoms with Gasteiger partial charge in [0.05, 0.1) is 28.5 Å². The molecule has 0 fully saturated rings. The van der Waals surface area contributed by atoms with Crippen molar-refractivity contribution in [3.63, 3.8) is 0 Å². The number of H-pyrrole nitrogens is 1. The first-order valence-electron chi connectivity index (χ1n) is 5.39. The summed E-state index contributed by atoms with van der Waals surface area (Å²) in [7, 11) is 0. The lowest BCUT2D eigenvalue weighted by molar-refractivity contribution is 0.622. The van der Waals surface area contributed by atoms with Crippen LogP contribution in [0.2, 0.25) is 5.02 Å². The van der Waals surface area contributed by atoms with E-state index >= 15 is 0 Å². The van der Waals surface area contributed by atoms with Crippen LogP contribution in [-0.2, 0) is 0 Å². The zero-order chi connectivity index (χ0) is 13.4. The summed E-state index contributed by atoms with van der Waals surface area (Å²) in [5.74, 6) is 0.105. The third-order valence-electron chi connectivity index (χ3n) is 2.54. The fourth-order valence-corrected chi connectivity index (χ4v) is 1.85. The van der Waals surface area contributed by atoms with Crippen molar-refractivity contribution in [1.29, 1.82) is 0 Å². The minimum Gasteiger partial charge on any atom is -0.307 e. The maximum absolute atomic E-state index is 12.9. The molecule has 2 N–H and O–H groups in total. The summed E-state index contributed by atoms with van der Waals surface area (Å²) in [6, 6.07) is 1.17. The molecule has 3 aromatic rings. The second-order valence-electron chi connectivity index (χ2n) is 3.87. The van der Waals surface area contributed by atoms with E-state index in [0.717, 1.165) is 17.3 Å². The van der Waals surface area contributed by atoms with Gasteiger partial charge >= 0.3 is 0 Å². The number of nitrogens with zero attached hydrogens (tertiary/aromatic N) is 4. The number of aryl methyl sites for hydroxylation is 1. The lowest BCUT2D eigenvalue weighted by Crippen LogP contribution is -2.01. The summed E-state index contributed by atoms with van der Waals surface area (Å²) in [6.07, 6.45) is 2.72. The van der Waals surface area contributed by atoms with E-state index in [1.807, 2.05) is 6.92 Å². The number of aromatic amines is 1. The van der Waals surface area contributed by atoms with Crippen LogP contribution in [0.15, 0.2) is 18.5 Å². The SMILES string of the molecule is Cc1nc(Nc2ncc(F)cc2Cl)nc2[nH]ncc12. The van der Waals surface area contributed by atoms with Gasteiger partial charge in [-0.15, -0.1) is 0 Å². The topological polar surface area (TPSA) is 79.4 Å². The van der Waals surface area contributed by atoms with Gasteiger partial charge in [-0.1, -0.05) is 11.6 Å². The highest BCUT2D eigenvalue weighted by atomic mass is 35.5. The number of hydrogen-bond acceptors (Lipinski definition) is 5. The van der Waals surface area contributed by atoms with E-state index in [-0.39, 0.29) is 5.02 Å². The predicted octanol–water partition coefficient (Wildman–Crippen LogP) is 2.59. The highest BCUT2D eigenvalue weighted by Crippen LogP contribution is 2.23. The Bertz CT molecular complexity index is 756. The first kappa shape index (κ1) is 11.8. The molecule has 0 atom stereocenters. The van der Waals surface area contributed by atoms with Gasteiger partial charge in [0.25, 0.3) is 0 Å². The maximum Gasteiger partial charge on any atom is 0.230 e. The van der Waals surface area contributed by atoms with Crippen molar-refractivity contribution in [2.45, 2.75) is 6.92 Å². The van der Waals surface area contributed by atoms with Crippen molar-refractivity contribution in [1.82, 2.24) is 25.1 Å². The molecule has 8 heteroatoms. The molecule has 96 valence electrons. The molecular weight excluding hydrogens is 271 g/mol. The van der Waals surface area contributed by atoms with Crippen LogP contribution in [-0.4, -0.2) is 25.1 Å². The van der Waals surface area contributed by atoms with E-state index in [1.54, 1.807) is 6.20 Å². The lowest BCUT2D eigenvalue weighted by Gasteiger charge is -2.06. The molecule has 0 aliphatic carbocycles. The average Bonchev–Trinajstić information content (AvgIpc) is 2.81. The fraction of sp³-hybridized carbons (Fsp3) is 0.0909. The largest absolute Gasteiger partial charge is 0.307 e. The van der Waals surface area contributed by atoms with Crippen molar-refractivity contribution in [2.75, 3.05) is 5.32 Å². The van der Waals surface area contributed by atoms with Crippen molar-refractivity contribution in [2.24, 2.45) is 0 Å². The highest BCUT2D eigenvalue weighted by Gasteiger charge is 2.09. The number of rotatable bonds is 2. The minimum atomic E-state index is -0.503. The number of fused-ring (bicyclic) bond motifs is 1. The smallest absolute Gasteiger partial charge is 0.230 e. The van der Waals surface area contributed by atoms with Crippen molar-refractivity contribution in [3.8, 4) is 0 Å². The van der Waals surface area contributed by atoms with E-state index in [2.05, 4.69) is 30.5 Å². The van der Waals surface area contributed by atoms with Gasteiger partial charge < -0.3 is 5.32 Å². The Hall–Kier alpha value is -2.28. The molecule has 6 nitrogen and oxygen atoms in total. The third kappa shape index (κ3) is 2.19. The molecule has 0 spiro atoms. The first-order valence-corrected chi connectivity index (χ1v) is 5.77. The monoisotopic (exact) mass is 278 g/mol. The highest BCUT2D eigenvalue weighted by molar-refractivity contribution is 6.33. The number of anilines is 2. The molecule has 3 rings (SSSR count). The maximum atomic E-state index is 12.9. The van der Waals surface area contributed by atoms with Crippen LogP contribution in [0.3, 0.4) is 0 Å². The third-order valence-corrected chi connectivity index (χ3v) is 2.83. The zero-order valence-corrected chi connectivity index (χ0v) is 10.5. The van der Waals surface area contributed by atoms with Crippen LogP contribution in [0.25, 0.3) is 11.0 Å². The Morgan fingerprint density at radius 2 is 2.16 bits per heavy atom. The number of nitrogens with one attached hydrogen (secondary N) is 2. The number of aromatic nitrogens is 5. The molecule has 3 heterocycles. The van der Waals surface area contributed by atoms with Gasteiger partial charge in [0.15, 0.2) is 11.5 Å². The van der Waals surface area contributed by atoms with Crippen LogP contribution in [0.5, 0.6) is 0 Å². The molecule has 0 aliphatic heterocycles. The summed E-state index contributed by atoms with van der Waals surface area (Å²) >= 11 is 5.88. The van der Waals surface area contributed by atoms with Crippen molar-refractivity contribution >= 4 is 34.4 Å². The standard InChI is InChI=1S/C11H8ClFN6/c1-5-7-4-15-19-9(7)17-11(16-5)18-10-8(12)2-6(13)3-14-10/h2-4H,1H3,(H2,14,15,16,17,18,19). The molecule has 0 unspecified atom stereocenters. The summed E-state index contributed by atoms with van der Waals surface area (Å²) < 4.78 is 12.9. The van der Waals surface area contributed by atoms with Crippen LogP contribution in [0.1, 0.15) is 5.69 Å². The van der Waals surface area contributed by atoms with Gasteiger partial charge in [-0.25, -0.2) is 14.4 Å². The molecule has 0 saturated carbocycles. The van der Waals surface area contributed by atoms with Crippen LogP contribution >= 0.6 is 11.6 Å². The van der Waals surface area contributed by atoms with E-state index in [9.17, 15) is 4.39 Å². The second-order valence-corrected chi connectivity index (χ2v) is 4.28. The molecule has 0 aliphatic rings. The molecular formula is C11H8ClFN6. The Morgan fingerprint density at radius 1 is 1.32 bits per heavy atom. The van der Waals surface area contributed by atoms with Gasteiger partial charge in [0, 0.05) is 0 Å². The van der Waals surface area contributed by atoms with Gasteiger partial charge in [-0.05, 0) is 13.0 Å². The molecule has 3 aromatic heterocycles. The Balaban J connectivity index is 2.00. The Morgan fingerprint density at radius 3 is 2.95 bits per heavy atom. The number of hydrogen-bond donors (Lipinski definition) is 2. The predicted molar refractivity (Wildman–Crippen MR) is 68.9 cm³/mol. The molecule has 0 amide bonds. The van der Waals surface area contributed by atoms with Crippen LogP contribution in [0.4, 0.5) is 16.2 Å². The van der Waals surface area contributed by atoms with E-state index in [0.29, 0.717) is 17.4 Å². The Kier molecular flexibility index (Phi) is 2.75. The average molecular weight is 279 g/mol. The van der Waals surface area contributed by atoms with Gasteiger partial charge in [0.2, 0.25) is 5.95 Å². The van der Waals surface area contributed by atoms with Gasteiger partial charge in [0.1, 0.15) is 5.82 Å². The van der Waals surface area contributed by atoms with Crippen LogP contribution in [0, 0.1) is 12.7 Å². The Labute approximate surface area is 112 Å². The van der Waals surface area contributed by atoms with Crippen LogP contribution < -0.4 is 5.32 Å².